The van der Waals surface area contributed by atoms with Crippen molar-refractivity contribution >= 4 is 28.9 Å². The number of rotatable bonds is 3. The van der Waals surface area contributed by atoms with E-state index in [1.807, 2.05) is 43.1 Å². The maximum atomic E-state index is 11.2. The molecule has 0 spiro atoms. The fraction of sp³-hybridized carbons (Fsp3) is 0.105. The third kappa shape index (κ3) is 4.81. The van der Waals surface area contributed by atoms with Gasteiger partial charge in [0.1, 0.15) is 0 Å². The van der Waals surface area contributed by atoms with Crippen molar-refractivity contribution < 1.29 is 9.72 Å². The van der Waals surface area contributed by atoms with Crippen LogP contribution in [0.25, 0.3) is 0 Å². The number of nitrogens with zero attached hydrogens (tertiary/aromatic N) is 2. The van der Waals surface area contributed by atoms with E-state index in [-0.39, 0.29) is 11.5 Å². The average Bonchev–Trinajstić information content (AvgIpc) is 2.91. The molecule has 0 aromatic heterocycles. The lowest BCUT2D eigenvalue weighted by Crippen LogP contribution is -2.10. The van der Waals surface area contributed by atoms with Crippen LogP contribution < -0.4 is 4.90 Å². The van der Waals surface area contributed by atoms with Crippen LogP contribution in [-0.2, 0) is 4.79 Å². The molecule has 5 nitrogen and oxygen atoms in total. The minimum Gasteiger partial charge on any atom is -0.338 e. The summed E-state index contributed by atoms with van der Waals surface area (Å²) >= 11 is 1.61. The molecule has 25 heavy (non-hydrogen) atoms. The molecule has 0 fully saturated rings. The van der Waals surface area contributed by atoms with Crippen LogP contribution in [0.2, 0.25) is 0 Å². The Morgan fingerprint density at radius 3 is 2.52 bits per heavy atom. The summed E-state index contributed by atoms with van der Waals surface area (Å²) in [6, 6.07) is 14.6. The first-order valence-electron chi connectivity index (χ1n) is 7.52. The summed E-state index contributed by atoms with van der Waals surface area (Å²) in [5, 5.41) is 11.1. The fourth-order valence-electron chi connectivity index (χ4n) is 2.17. The maximum absolute atomic E-state index is 11.2. The Hall–Kier alpha value is -2.86. The molecular weight excluding hydrogens is 336 g/mol. The zero-order chi connectivity index (χ0) is 18.4. The van der Waals surface area contributed by atoms with Crippen LogP contribution in [0.3, 0.4) is 0 Å². The lowest BCUT2D eigenvalue weighted by molar-refractivity contribution is -0.384. The van der Waals surface area contributed by atoms with E-state index in [0.29, 0.717) is 0 Å². The summed E-state index contributed by atoms with van der Waals surface area (Å²) in [5.41, 5.74) is 2.21. The number of thioether (sulfide) groups is 1. The van der Waals surface area contributed by atoms with E-state index >= 15 is 0 Å². The molecule has 3 rings (SSSR count). The van der Waals surface area contributed by atoms with Gasteiger partial charge in [0.05, 0.1) is 15.6 Å². The standard InChI is InChI=1S/C12H11NOS.C7H7NO2/c1-3-9(14)8-12-13(2)10-6-4-5-7-11(10)15-12;1-6-3-2-4-7(5-6)8(9)10/h3-8H,1H2,2H3;2-5H,1H3/b12-8-;. The van der Waals surface area contributed by atoms with Crippen LogP contribution >= 0.6 is 11.8 Å². The van der Waals surface area contributed by atoms with E-state index in [9.17, 15) is 14.9 Å². The van der Waals surface area contributed by atoms with Crippen molar-refractivity contribution in [3.8, 4) is 0 Å². The van der Waals surface area contributed by atoms with Crippen molar-refractivity contribution in [1.82, 2.24) is 0 Å². The highest BCUT2D eigenvalue weighted by Crippen LogP contribution is 2.44. The largest absolute Gasteiger partial charge is 0.338 e. The van der Waals surface area contributed by atoms with Gasteiger partial charge in [-0.2, -0.15) is 0 Å². The summed E-state index contributed by atoms with van der Waals surface area (Å²) < 4.78 is 0. The monoisotopic (exact) mass is 354 g/mol. The summed E-state index contributed by atoms with van der Waals surface area (Å²) in [6.07, 6.45) is 2.93. The van der Waals surface area contributed by atoms with Gasteiger partial charge >= 0.3 is 0 Å². The molecule has 0 saturated heterocycles. The van der Waals surface area contributed by atoms with Gasteiger partial charge in [-0.15, -0.1) is 0 Å². The number of fused-ring (bicyclic) bond motifs is 1. The first kappa shape index (κ1) is 18.5. The highest BCUT2D eigenvalue weighted by atomic mass is 32.2. The predicted molar refractivity (Wildman–Crippen MR) is 102 cm³/mol. The number of carbonyl (C=O) groups is 1. The van der Waals surface area contributed by atoms with Crippen LogP contribution in [0.5, 0.6) is 0 Å². The summed E-state index contributed by atoms with van der Waals surface area (Å²) in [5.74, 6) is -0.0582. The highest BCUT2D eigenvalue weighted by molar-refractivity contribution is 8.03. The third-order valence-corrected chi connectivity index (χ3v) is 4.62. The molecule has 0 aliphatic carbocycles. The molecule has 0 N–H and O–H groups in total. The second-order valence-electron chi connectivity index (χ2n) is 5.31. The summed E-state index contributed by atoms with van der Waals surface area (Å²) in [4.78, 5) is 24.2. The van der Waals surface area contributed by atoms with Crippen molar-refractivity contribution in [3.63, 3.8) is 0 Å². The van der Waals surface area contributed by atoms with Crippen LogP contribution in [0.4, 0.5) is 11.4 Å². The van der Waals surface area contributed by atoms with Crippen molar-refractivity contribution in [1.29, 1.82) is 0 Å². The smallest absolute Gasteiger partial charge is 0.269 e. The number of anilines is 1. The van der Waals surface area contributed by atoms with E-state index in [1.54, 1.807) is 30.0 Å². The molecule has 1 aliphatic rings. The number of aryl methyl sites for hydroxylation is 1. The van der Waals surface area contributed by atoms with E-state index < -0.39 is 4.92 Å². The van der Waals surface area contributed by atoms with Crippen molar-refractivity contribution in [3.05, 3.63) is 88.0 Å². The lowest BCUT2D eigenvalue weighted by Gasteiger charge is -2.12. The molecule has 1 aliphatic heterocycles. The van der Waals surface area contributed by atoms with Crippen molar-refractivity contribution in [2.45, 2.75) is 11.8 Å². The first-order chi connectivity index (χ1) is 11.9. The lowest BCUT2D eigenvalue weighted by atomic mass is 10.2. The fourth-order valence-corrected chi connectivity index (χ4v) is 3.26. The number of ketones is 1. The van der Waals surface area contributed by atoms with Gasteiger partial charge in [0.15, 0.2) is 5.78 Å². The van der Waals surface area contributed by atoms with Crippen LogP contribution in [-0.4, -0.2) is 17.8 Å². The number of para-hydroxylation sites is 1. The van der Waals surface area contributed by atoms with Gasteiger partial charge in [-0.25, -0.2) is 0 Å². The Morgan fingerprint density at radius 2 is 1.96 bits per heavy atom. The zero-order valence-corrected chi connectivity index (χ0v) is 14.8. The van der Waals surface area contributed by atoms with E-state index in [1.165, 1.54) is 17.0 Å². The molecule has 2 aromatic rings. The topological polar surface area (TPSA) is 63.5 Å². The number of nitro groups is 1. The minimum absolute atomic E-state index is 0.0582. The third-order valence-electron chi connectivity index (χ3n) is 3.45. The molecule has 1 heterocycles. The van der Waals surface area contributed by atoms with E-state index in [4.69, 9.17) is 0 Å². The Labute approximate surface area is 150 Å². The molecule has 0 unspecified atom stereocenters. The van der Waals surface area contributed by atoms with Gasteiger partial charge in [0, 0.05) is 30.2 Å². The van der Waals surface area contributed by atoms with E-state index in [2.05, 4.69) is 12.6 Å². The molecule has 6 heteroatoms. The first-order valence-corrected chi connectivity index (χ1v) is 8.34. The number of carbonyl (C=O) groups excluding carboxylic acids is 1. The molecule has 0 amide bonds. The number of allylic oxidation sites excluding steroid dienone is 2. The number of hydrogen-bond acceptors (Lipinski definition) is 5. The molecule has 0 bridgehead atoms. The van der Waals surface area contributed by atoms with E-state index in [0.717, 1.165) is 16.3 Å². The van der Waals surface area contributed by atoms with Gasteiger partial charge in [-0.05, 0) is 30.7 Å². The molecule has 0 saturated carbocycles. The van der Waals surface area contributed by atoms with Gasteiger partial charge in [-0.1, -0.05) is 42.6 Å². The predicted octanol–water partition coefficient (Wildman–Crippen LogP) is 4.73. The minimum atomic E-state index is -0.396. The molecule has 128 valence electrons. The number of non-ortho nitro benzene ring substituents is 1. The van der Waals surface area contributed by atoms with Gasteiger partial charge < -0.3 is 4.90 Å². The van der Waals surface area contributed by atoms with Gasteiger partial charge in [0.25, 0.3) is 5.69 Å². The normalized spacial score (nSPS) is 13.7. The summed E-state index contributed by atoms with van der Waals surface area (Å²) in [6.45, 7) is 5.28. The quantitative estimate of drug-likeness (QED) is 0.453. The second kappa shape index (κ2) is 8.30. The Balaban J connectivity index is 0.000000196. The number of nitro benzene ring substituents is 1. The van der Waals surface area contributed by atoms with Crippen molar-refractivity contribution in [2.75, 3.05) is 11.9 Å². The Kier molecular flexibility index (Phi) is 6.14. The number of benzene rings is 2. The van der Waals surface area contributed by atoms with Gasteiger partial charge in [-0.3, -0.25) is 14.9 Å². The Bertz CT molecular complexity index is 846. The highest BCUT2D eigenvalue weighted by Gasteiger charge is 2.21. The zero-order valence-electron chi connectivity index (χ0n) is 14.0. The van der Waals surface area contributed by atoms with Crippen molar-refractivity contribution in [2.24, 2.45) is 0 Å². The summed E-state index contributed by atoms with van der Waals surface area (Å²) in [7, 11) is 1.96. The SMILES string of the molecule is C=CC(=O)/C=C1\Sc2ccccc2N1C.Cc1cccc([N+](=O)[O-])c1. The molecule has 0 radical (unpaired) electrons. The molecule has 0 atom stereocenters. The second-order valence-corrected chi connectivity index (χ2v) is 6.38. The van der Waals surface area contributed by atoms with Gasteiger partial charge in [0.2, 0.25) is 0 Å². The average molecular weight is 354 g/mol. The Morgan fingerprint density at radius 1 is 1.24 bits per heavy atom. The molecular formula is C19H18N2O3S. The van der Waals surface area contributed by atoms with Crippen LogP contribution in [0, 0.1) is 17.0 Å². The molecule has 2 aromatic carbocycles. The maximum Gasteiger partial charge on any atom is 0.269 e. The van der Waals surface area contributed by atoms with Crippen LogP contribution in [0.15, 0.2) is 77.2 Å². The number of hydrogen-bond donors (Lipinski definition) is 0. The van der Waals surface area contributed by atoms with Crippen LogP contribution in [0.1, 0.15) is 5.56 Å².